The van der Waals surface area contributed by atoms with E-state index in [4.69, 9.17) is 14.2 Å². The average Bonchev–Trinajstić information content (AvgIpc) is 3.69. The van der Waals surface area contributed by atoms with Crippen LogP contribution in [0.4, 0.5) is 4.39 Å². The largest absolute Gasteiger partial charge is 0.465 e. The van der Waals surface area contributed by atoms with Gasteiger partial charge in [-0.15, -0.1) is 0 Å². The van der Waals surface area contributed by atoms with Crippen molar-refractivity contribution in [1.82, 2.24) is 10.2 Å². The molecule has 4 saturated carbocycles. The third kappa shape index (κ3) is 7.98. The number of ether oxygens (including phenoxy) is 3. The molecule has 5 fully saturated rings. The molecule has 8 rings (SSSR count). The number of alkyl halides is 1. The molecular weight excluding hydrogens is 828 g/mol. The highest BCUT2D eigenvalue weighted by molar-refractivity contribution is 6.00. The predicted octanol–water partition coefficient (Wildman–Crippen LogP) is 11.5. The molecule has 9 heteroatoms. The molecule has 1 aliphatic heterocycles. The Morgan fingerprint density at radius 3 is 2.09 bits per heavy atom. The molecule has 7 aliphatic rings. The van der Waals surface area contributed by atoms with Gasteiger partial charge < -0.3 is 24.4 Å². The van der Waals surface area contributed by atoms with Crippen molar-refractivity contribution in [3.8, 4) is 0 Å². The first kappa shape index (κ1) is 49.1. The number of piperidine rings is 1. The highest BCUT2D eigenvalue weighted by Crippen LogP contribution is 2.76. The minimum Gasteiger partial charge on any atom is -0.465 e. The summed E-state index contributed by atoms with van der Waals surface area (Å²) in [6.45, 7) is 26.6. The number of allylic oxidation sites excluding steroid dienone is 5. The van der Waals surface area contributed by atoms with E-state index >= 15 is 0 Å². The molecule has 0 amide bonds. The normalized spacial score (nSPS) is 38.0. The Morgan fingerprint density at radius 2 is 1.47 bits per heavy atom. The lowest BCUT2D eigenvalue weighted by Gasteiger charge is -2.72. The van der Waals surface area contributed by atoms with Crippen LogP contribution in [0, 0.1) is 62.1 Å². The lowest BCUT2D eigenvalue weighted by atomic mass is 9.33. The Labute approximate surface area is 396 Å². The van der Waals surface area contributed by atoms with Crippen molar-refractivity contribution in [2.75, 3.05) is 46.1 Å². The second kappa shape index (κ2) is 18.6. The molecule has 0 aromatic heterocycles. The third-order valence-electron chi connectivity index (χ3n) is 20.5. The van der Waals surface area contributed by atoms with Gasteiger partial charge in [-0.3, -0.25) is 14.4 Å². The van der Waals surface area contributed by atoms with Gasteiger partial charge in [0.2, 0.25) is 0 Å². The van der Waals surface area contributed by atoms with Crippen molar-refractivity contribution in [3.63, 3.8) is 0 Å². The van der Waals surface area contributed by atoms with Gasteiger partial charge in [0.25, 0.3) is 0 Å². The van der Waals surface area contributed by atoms with Gasteiger partial charge in [0, 0.05) is 18.6 Å². The van der Waals surface area contributed by atoms with Gasteiger partial charge in [0.1, 0.15) is 13.3 Å². The van der Waals surface area contributed by atoms with E-state index in [-0.39, 0.29) is 47.0 Å². The lowest BCUT2D eigenvalue weighted by Crippen LogP contribution is -2.68. The van der Waals surface area contributed by atoms with E-state index in [0.29, 0.717) is 74.8 Å². The Bertz CT molecular complexity index is 2040. The standard InChI is InChI=1S/C57H83FN2O6/c1-10-64-49(62)56(50(63)65-11-2)31-34-60(35-32-56)36-33-59-57-28-21-42(39(3)4)47(57)44-17-18-46-52(7)24-22-43(51(5,6)45(52)23-25-54(46,9)53(44,8)29-30-57)41-19-26-55(38-58,27-20-41)48(61)66-37-40-15-13-12-14-16-40/h12-16,19,22,42,44-47,59H,3,10-11,17-18,20-21,23-38H2,1-2,4-9H3/t42-,44+,45-,46+,47+,52-,53+,54+,55?,57-/m0/s1. The summed E-state index contributed by atoms with van der Waals surface area (Å²) in [6.07, 6.45) is 18.1. The maximum absolute atomic E-state index is 14.8. The molecular formula is C57H83FN2O6. The number of nitrogens with zero attached hydrogens (tertiary/aromatic N) is 1. The van der Waals surface area contributed by atoms with E-state index < -0.39 is 35.4 Å². The molecule has 66 heavy (non-hydrogen) atoms. The van der Waals surface area contributed by atoms with Crippen LogP contribution in [0.3, 0.4) is 0 Å². The zero-order valence-corrected chi connectivity index (χ0v) is 42.0. The molecule has 10 atom stereocenters. The zero-order valence-electron chi connectivity index (χ0n) is 42.0. The fourth-order valence-electron chi connectivity index (χ4n) is 16.6. The first-order chi connectivity index (χ1) is 31.4. The number of nitrogens with one attached hydrogen (secondary N) is 1. The second-order valence-corrected chi connectivity index (χ2v) is 23.6. The molecule has 0 spiro atoms. The highest BCUT2D eigenvalue weighted by Gasteiger charge is 2.70. The Kier molecular flexibility index (Phi) is 13.8. The summed E-state index contributed by atoms with van der Waals surface area (Å²) in [5.41, 5.74) is 3.38. The smallest absolute Gasteiger partial charge is 0.323 e. The Hall–Kier alpha value is -3.30. The fraction of sp³-hybridized carbons (Fsp3) is 0.737. The van der Waals surface area contributed by atoms with E-state index in [1.54, 1.807) is 13.8 Å². The van der Waals surface area contributed by atoms with Crippen molar-refractivity contribution in [1.29, 1.82) is 0 Å². The summed E-state index contributed by atoms with van der Waals surface area (Å²) in [4.78, 5) is 42.1. The number of rotatable bonds is 14. The number of fused-ring (bicyclic) bond motifs is 7. The van der Waals surface area contributed by atoms with Crippen molar-refractivity contribution in [3.05, 3.63) is 71.3 Å². The number of halogens is 1. The first-order valence-electron chi connectivity index (χ1n) is 26.0. The van der Waals surface area contributed by atoms with Crippen molar-refractivity contribution in [2.24, 2.45) is 62.1 Å². The number of carbonyl (C=O) groups is 3. The highest BCUT2D eigenvalue weighted by atomic mass is 19.1. The molecule has 6 aliphatic carbocycles. The van der Waals surface area contributed by atoms with Crippen LogP contribution in [0.1, 0.15) is 151 Å². The van der Waals surface area contributed by atoms with Gasteiger partial charge in [-0.1, -0.05) is 89.3 Å². The number of esters is 3. The van der Waals surface area contributed by atoms with Gasteiger partial charge in [0.15, 0.2) is 5.41 Å². The average molecular weight is 911 g/mol. The monoisotopic (exact) mass is 911 g/mol. The lowest BCUT2D eigenvalue weighted by molar-refractivity contribution is -0.221. The fourth-order valence-corrected chi connectivity index (χ4v) is 16.6. The van der Waals surface area contributed by atoms with Crippen LogP contribution in [0.2, 0.25) is 0 Å². The first-order valence-corrected chi connectivity index (χ1v) is 26.0. The number of likely N-dealkylation sites (tertiary alicyclic amines) is 1. The molecule has 1 N–H and O–H groups in total. The Morgan fingerprint density at radius 1 is 0.773 bits per heavy atom. The second-order valence-electron chi connectivity index (χ2n) is 23.6. The van der Waals surface area contributed by atoms with Crippen molar-refractivity contribution >= 4 is 17.9 Å². The van der Waals surface area contributed by atoms with Crippen LogP contribution in [0.15, 0.2) is 65.8 Å². The molecule has 0 radical (unpaired) electrons. The summed E-state index contributed by atoms with van der Waals surface area (Å²) >= 11 is 0. The number of hydrogen-bond acceptors (Lipinski definition) is 8. The van der Waals surface area contributed by atoms with Crippen LogP contribution >= 0.6 is 0 Å². The van der Waals surface area contributed by atoms with Crippen LogP contribution in [0.25, 0.3) is 0 Å². The Balaban J connectivity index is 0.961. The van der Waals surface area contributed by atoms with Crippen molar-refractivity contribution < 1.29 is 33.0 Å². The van der Waals surface area contributed by atoms with E-state index in [2.05, 4.69) is 70.5 Å². The summed E-state index contributed by atoms with van der Waals surface area (Å²) in [5.74, 6) is 1.57. The quantitative estimate of drug-likeness (QED) is 0.0854. The minimum absolute atomic E-state index is 0.0307. The third-order valence-corrected chi connectivity index (χ3v) is 20.5. The molecule has 8 nitrogen and oxygen atoms in total. The SMILES string of the molecule is C=C(C)[C@@H]1CC[C@]2(NCCN3CCC(C(=O)OCC)(C(=O)OCC)CC3)CC[C@]3(C)[C@H](CC[C@@H]4[C@@]5(C)CC=C(C6=CCC(CF)(C(=O)OCc7ccccc7)CC6)C(C)(C)[C@@H]5CC[C@]43C)[C@@H]12. The molecule has 1 saturated heterocycles. The van der Waals surface area contributed by atoms with E-state index in [9.17, 15) is 18.8 Å². The van der Waals surface area contributed by atoms with Gasteiger partial charge in [-0.25, -0.2) is 4.39 Å². The van der Waals surface area contributed by atoms with Gasteiger partial charge in [0.05, 0.1) is 18.6 Å². The van der Waals surface area contributed by atoms with E-state index in [0.717, 1.165) is 25.1 Å². The predicted molar refractivity (Wildman–Crippen MR) is 259 cm³/mol. The van der Waals surface area contributed by atoms with Gasteiger partial charge in [-0.05, 0) is 192 Å². The zero-order chi connectivity index (χ0) is 47.3. The summed E-state index contributed by atoms with van der Waals surface area (Å²) in [5, 5.41) is 4.27. The molecule has 1 heterocycles. The maximum atomic E-state index is 14.8. The maximum Gasteiger partial charge on any atom is 0.323 e. The summed E-state index contributed by atoms with van der Waals surface area (Å²) in [6, 6.07) is 9.66. The minimum atomic E-state index is -1.20. The van der Waals surface area contributed by atoms with Crippen LogP contribution < -0.4 is 5.32 Å². The summed E-state index contributed by atoms with van der Waals surface area (Å²) < 4.78 is 31.4. The number of carbonyl (C=O) groups excluding carboxylic acids is 3. The van der Waals surface area contributed by atoms with Crippen LogP contribution in [-0.4, -0.2) is 74.4 Å². The number of benzene rings is 1. The molecule has 1 aromatic rings. The topological polar surface area (TPSA) is 94.2 Å². The van der Waals surface area contributed by atoms with Gasteiger partial charge in [-0.2, -0.15) is 0 Å². The van der Waals surface area contributed by atoms with Crippen LogP contribution in [-0.2, 0) is 35.2 Å². The van der Waals surface area contributed by atoms with Gasteiger partial charge >= 0.3 is 17.9 Å². The van der Waals surface area contributed by atoms with E-state index in [1.165, 1.54) is 68.1 Å². The molecule has 1 unspecified atom stereocenters. The van der Waals surface area contributed by atoms with Crippen molar-refractivity contribution in [2.45, 2.75) is 157 Å². The molecule has 1 aromatic carbocycles. The molecule has 364 valence electrons. The van der Waals surface area contributed by atoms with Crippen LogP contribution in [0.5, 0.6) is 0 Å². The molecule has 0 bridgehead atoms. The summed E-state index contributed by atoms with van der Waals surface area (Å²) in [7, 11) is 0. The number of hydrogen-bond donors (Lipinski definition) is 1. The van der Waals surface area contributed by atoms with E-state index in [1.807, 2.05) is 30.3 Å².